The first-order chi connectivity index (χ1) is 8.04. The van der Waals surface area contributed by atoms with Crippen molar-refractivity contribution in [1.29, 1.82) is 0 Å². The van der Waals surface area contributed by atoms with Gasteiger partial charge in [-0.25, -0.2) is 9.78 Å². The Morgan fingerprint density at radius 2 is 2.18 bits per heavy atom. The van der Waals surface area contributed by atoms with Gasteiger partial charge in [-0.2, -0.15) is 0 Å². The molecule has 0 aliphatic carbocycles. The molecule has 0 atom stereocenters. The number of hydrogen-bond donors (Lipinski definition) is 0. The van der Waals surface area contributed by atoms with Crippen molar-refractivity contribution in [1.82, 2.24) is 9.38 Å². The highest BCUT2D eigenvalue weighted by Crippen LogP contribution is 2.23. The van der Waals surface area contributed by atoms with Gasteiger partial charge in [0.15, 0.2) is 5.15 Å². The van der Waals surface area contributed by atoms with Gasteiger partial charge < -0.3 is 9.14 Å². The number of fused-ring (bicyclic) bond motifs is 1. The van der Waals surface area contributed by atoms with Gasteiger partial charge in [0, 0.05) is 12.1 Å². The largest absolute Gasteiger partial charge is 0.465 e. The van der Waals surface area contributed by atoms with Crippen molar-refractivity contribution in [3.05, 3.63) is 34.9 Å². The highest BCUT2D eigenvalue weighted by molar-refractivity contribution is 6.32. The number of ether oxygens (including phenoxy) is 1. The number of aromatic nitrogens is 2. The molecule has 2 rings (SSSR count). The third kappa shape index (κ3) is 2.00. The van der Waals surface area contributed by atoms with Crippen LogP contribution in [0.3, 0.4) is 0 Å². The van der Waals surface area contributed by atoms with Crippen LogP contribution in [-0.2, 0) is 4.74 Å². The van der Waals surface area contributed by atoms with Crippen LogP contribution in [0.15, 0.2) is 18.3 Å². The molecule has 0 bridgehead atoms. The fraction of sp³-hybridized carbons (Fsp3) is 0.333. The monoisotopic (exact) mass is 252 g/mol. The Kier molecular flexibility index (Phi) is 3.07. The zero-order chi connectivity index (χ0) is 12.6. The summed E-state index contributed by atoms with van der Waals surface area (Å²) in [5.41, 5.74) is 1.28. The molecule has 0 unspecified atom stereocenters. The maximum absolute atomic E-state index is 11.5. The van der Waals surface area contributed by atoms with Crippen molar-refractivity contribution in [2.24, 2.45) is 0 Å². The molecule has 4 nitrogen and oxygen atoms in total. The van der Waals surface area contributed by atoms with E-state index in [9.17, 15) is 4.79 Å². The maximum Gasteiger partial charge on any atom is 0.339 e. The molecule has 0 spiro atoms. The number of hydrogen-bond acceptors (Lipinski definition) is 3. The van der Waals surface area contributed by atoms with Gasteiger partial charge in [0.05, 0.1) is 18.2 Å². The molecule has 5 heteroatoms. The Morgan fingerprint density at radius 3 is 2.76 bits per heavy atom. The Balaban J connectivity index is 2.66. The molecule has 90 valence electrons. The van der Waals surface area contributed by atoms with E-state index in [1.807, 2.05) is 18.2 Å². The minimum Gasteiger partial charge on any atom is -0.465 e. The van der Waals surface area contributed by atoms with E-state index in [0.717, 1.165) is 11.3 Å². The molecule has 0 fully saturated rings. The van der Waals surface area contributed by atoms with Gasteiger partial charge in [-0.3, -0.25) is 0 Å². The lowest BCUT2D eigenvalue weighted by Gasteiger charge is -2.05. The van der Waals surface area contributed by atoms with Crippen LogP contribution in [-0.4, -0.2) is 22.5 Å². The Hall–Kier alpha value is -1.55. The Bertz CT molecular complexity index is 575. The van der Waals surface area contributed by atoms with E-state index >= 15 is 0 Å². The highest BCUT2D eigenvalue weighted by Gasteiger charge is 2.14. The van der Waals surface area contributed by atoms with E-state index in [4.69, 9.17) is 11.6 Å². The van der Waals surface area contributed by atoms with Crippen LogP contribution in [0, 0.1) is 0 Å². The molecule has 0 aromatic carbocycles. The Labute approximate surface area is 104 Å². The molecule has 0 radical (unpaired) electrons. The predicted molar refractivity (Wildman–Crippen MR) is 65.6 cm³/mol. The molecule has 0 aliphatic heterocycles. The number of carbonyl (C=O) groups is 1. The summed E-state index contributed by atoms with van der Waals surface area (Å²) in [6.45, 7) is 4.05. The summed E-state index contributed by atoms with van der Waals surface area (Å²) in [4.78, 5) is 15.7. The minimum absolute atomic E-state index is 0.225. The quantitative estimate of drug-likeness (QED) is 0.772. The van der Waals surface area contributed by atoms with Crippen molar-refractivity contribution in [2.75, 3.05) is 7.11 Å². The van der Waals surface area contributed by atoms with E-state index in [1.54, 1.807) is 18.3 Å². The van der Waals surface area contributed by atoms with Gasteiger partial charge in [0.1, 0.15) is 5.82 Å². The van der Waals surface area contributed by atoms with Crippen molar-refractivity contribution < 1.29 is 9.53 Å². The van der Waals surface area contributed by atoms with Gasteiger partial charge >= 0.3 is 5.97 Å². The lowest BCUT2D eigenvalue weighted by Crippen LogP contribution is -2.04. The number of pyridine rings is 1. The summed E-state index contributed by atoms with van der Waals surface area (Å²) in [6.07, 6.45) is 1.70. The Morgan fingerprint density at radius 1 is 1.47 bits per heavy atom. The molecule has 2 heterocycles. The van der Waals surface area contributed by atoms with Crippen LogP contribution in [0.25, 0.3) is 5.52 Å². The van der Waals surface area contributed by atoms with Gasteiger partial charge in [0.25, 0.3) is 0 Å². The van der Waals surface area contributed by atoms with E-state index in [0.29, 0.717) is 10.7 Å². The summed E-state index contributed by atoms with van der Waals surface area (Å²) >= 11 is 6.04. The fourth-order valence-corrected chi connectivity index (χ4v) is 1.96. The topological polar surface area (TPSA) is 43.6 Å². The van der Waals surface area contributed by atoms with Crippen molar-refractivity contribution >= 4 is 23.1 Å². The smallest absolute Gasteiger partial charge is 0.339 e. The van der Waals surface area contributed by atoms with Crippen LogP contribution < -0.4 is 0 Å². The summed E-state index contributed by atoms with van der Waals surface area (Å²) in [5.74, 6) is 0.685. The van der Waals surface area contributed by atoms with E-state index < -0.39 is 0 Å². The number of methoxy groups -OCH3 is 1. The lowest BCUT2D eigenvalue weighted by molar-refractivity contribution is 0.0600. The van der Waals surface area contributed by atoms with Crippen LogP contribution in [0.4, 0.5) is 0 Å². The third-order valence-electron chi connectivity index (χ3n) is 2.56. The summed E-state index contributed by atoms with van der Waals surface area (Å²) in [5, 5.41) is 0.449. The molecular weight excluding hydrogens is 240 g/mol. The fourth-order valence-electron chi connectivity index (χ4n) is 1.72. The lowest BCUT2D eigenvalue weighted by atomic mass is 10.2. The third-order valence-corrected chi connectivity index (χ3v) is 2.84. The minimum atomic E-state index is -0.369. The molecule has 2 aromatic rings. The second-order valence-corrected chi connectivity index (χ2v) is 4.44. The first-order valence-corrected chi connectivity index (χ1v) is 5.68. The maximum atomic E-state index is 11.5. The molecule has 2 aromatic heterocycles. The number of imidazole rings is 1. The summed E-state index contributed by atoms with van der Waals surface area (Å²) < 4.78 is 6.52. The second kappa shape index (κ2) is 4.37. The standard InChI is InChI=1S/C12H13ClN2O2/c1-7(2)11-14-10(13)9-5-4-8(6-15(9)11)12(16)17-3/h4-7H,1-3H3. The highest BCUT2D eigenvalue weighted by atomic mass is 35.5. The first-order valence-electron chi connectivity index (χ1n) is 5.30. The molecule has 0 saturated carbocycles. The van der Waals surface area contributed by atoms with Gasteiger partial charge in [-0.15, -0.1) is 0 Å². The first kappa shape index (κ1) is 11.9. The number of nitrogens with zero attached hydrogens (tertiary/aromatic N) is 2. The van der Waals surface area contributed by atoms with E-state index in [-0.39, 0.29) is 11.9 Å². The van der Waals surface area contributed by atoms with Crippen molar-refractivity contribution in [3.63, 3.8) is 0 Å². The van der Waals surface area contributed by atoms with Gasteiger partial charge in [-0.05, 0) is 12.1 Å². The zero-order valence-electron chi connectivity index (χ0n) is 9.90. The summed E-state index contributed by atoms with van der Waals surface area (Å²) in [7, 11) is 1.36. The van der Waals surface area contributed by atoms with E-state index in [2.05, 4.69) is 9.72 Å². The number of carbonyl (C=O) groups excluding carboxylic acids is 1. The average Bonchev–Trinajstić information content (AvgIpc) is 2.65. The summed E-state index contributed by atoms with van der Waals surface area (Å²) in [6, 6.07) is 3.45. The average molecular weight is 253 g/mol. The number of halogens is 1. The molecule has 17 heavy (non-hydrogen) atoms. The SMILES string of the molecule is COC(=O)c1ccc2c(Cl)nc(C(C)C)n2c1. The number of rotatable bonds is 2. The van der Waals surface area contributed by atoms with Crippen LogP contribution in [0.5, 0.6) is 0 Å². The normalized spacial score (nSPS) is 11.1. The molecule has 0 N–H and O–H groups in total. The molecule has 0 aliphatic rings. The predicted octanol–water partition coefficient (Wildman–Crippen LogP) is 2.90. The van der Waals surface area contributed by atoms with Crippen LogP contribution in [0.1, 0.15) is 35.9 Å². The van der Waals surface area contributed by atoms with Gasteiger partial charge in [0.2, 0.25) is 0 Å². The molecule has 0 amide bonds. The number of esters is 1. The van der Waals surface area contributed by atoms with Crippen molar-refractivity contribution in [3.8, 4) is 0 Å². The van der Waals surface area contributed by atoms with Crippen LogP contribution in [0.2, 0.25) is 5.15 Å². The van der Waals surface area contributed by atoms with Crippen LogP contribution >= 0.6 is 11.6 Å². The second-order valence-electron chi connectivity index (χ2n) is 4.08. The van der Waals surface area contributed by atoms with Gasteiger partial charge in [-0.1, -0.05) is 25.4 Å². The zero-order valence-corrected chi connectivity index (χ0v) is 10.7. The van der Waals surface area contributed by atoms with Crippen molar-refractivity contribution in [2.45, 2.75) is 19.8 Å². The molecule has 0 saturated heterocycles. The molecular formula is C12H13ClN2O2. The van der Waals surface area contributed by atoms with E-state index in [1.165, 1.54) is 7.11 Å².